The molecule has 14 nitrogen and oxygen atoms in total. The van der Waals surface area contributed by atoms with Crippen LogP contribution in [-0.4, -0.2) is 87.2 Å². The highest BCUT2D eigenvalue weighted by atomic mass is 16.5. The summed E-state index contributed by atoms with van der Waals surface area (Å²) in [5.41, 5.74) is 1.78. The number of rotatable bonds is 8. The summed E-state index contributed by atoms with van der Waals surface area (Å²) in [5.74, 6) is 2.02. The van der Waals surface area contributed by atoms with Gasteiger partial charge in [-0.05, 0) is 62.9 Å². The Bertz CT molecular complexity index is 1540. The van der Waals surface area contributed by atoms with Crippen LogP contribution in [0.3, 0.4) is 0 Å². The summed E-state index contributed by atoms with van der Waals surface area (Å²) < 4.78 is 12.4. The van der Waals surface area contributed by atoms with Crippen molar-refractivity contribution >= 4 is 17.7 Å². The summed E-state index contributed by atoms with van der Waals surface area (Å²) in [6, 6.07) is 6.16. The molecule has 3 heterocycles. The number of fused-ring (bicyclic) bond motifs is 1. The maximum atomic E-state index is 13.6. The van der Waals surface area contributed by atoms with Gasteiger partial charge in [0, 0.05) is 38.7 Å². The largest absolute Gasteiger partial charge is 0.493 e. The minimum atomic E-state index is -0.727. The number of benzene rings is 1. The zero-order valence-corrected chi connectivity index (χ0v) is 28.9. The van der Waals surface area contributed by atoms with Crippen LogP contribution in [0.25, 0.3) is 0 Å². The summed E-state index contributed by atoms with van der Waals surface area (Å²) in [6.07, 6.45) is 4.41. The van der Waals surface area contributed by atoms with E-state index < -0.39 is 12.1 Å². The predicted octanol–water partition coefficient (Wildman–Crippen LogP) is 2.49. The maximum absolute atomic E-state index is 13.6. The summed E-state index contributed by atoms with van der Waals surface area (Å²) in [6.45, 7) is 9.94. The van der Waals surface area contributed by atoms with Crippen molar-refractivity contribution < 1.29 is 23.9 Å². The molecule has 260 valence electrons. The molecule has 3 atom stereocenters. The first-order valence-corrected chi connectivity index (χ1v) is 16.6. The number of hydrogen-bond acceptors (Lipinski definition) is 10. The van der Waals surface area contributed by atoms with Crippen LogP contribution in [0.4, 0.5) is 0 Å². The lowest BCUT2D eigenvalue weighted by molar-refractivity contribution is -0.130. The average Bonchev–Trinajstić information content (AvgIpc) is 3.46. The molecule has 3 amide bonds. The van der Waals surface area contributed by atoms with Gasteiger partial charge in [0.1, 0.15) is 24.2 Å². The fraction of sp³-hybridized carbons (Fsp3) is 0.559. The van der Waals surface area contributed by atoms with E-state index in [1.54, 1.807) is 32.0 Å². The van der Waals surface area contributed by atoms with Crippen LogP contribution < -0.4 is 25.4 Å². The third-order valence-electron chi connectivity index (χ3n) is 8.48. The third-order valence-corrected chi connectivity index (χ3v) is 8.48. The molecule has 4 rings (SSSR count). The van der Waals surface area contributed by atoms with Gasteiger partial charge in [-0.25, -0.2) is 19.6 Å². The predicted molar refractivity (Wildman–Crippen MR) is 179 cm³/mol. The molecule has 0 aliphatic carbocycles. The topological polar surface area (TPSA) is 165 Å². The van der Waals surface area contributed by atoms with Crippen LogP contribution in [0, 0.1) is 12.8 Å². The SMILES string of the molecule is CC[C@H](C)[C@@H]1NC(=O)CCCN(Cc2ccnc(C)n2)CCCNC(=O)Cn2nc(Cc3ccc(OC)c(OC)c3)nc2[C@@H](C)NC1=O. The van der Waals surface area contributed by atoms with E-state index in [9.17, 15) is 14.4 Å². The summed E-state index contributed by atoms with van der Waals surface area (Å²) in [7, 11) is 3.15. The molecular weight excluding hydrogens is 614 g/mol. The second-order valence-corrected chi connectivity index (χ2v) is 12.2. The fourth-order valence-electron chi connectivity index (χ4n) is 5.68. The Kier molecular flexibility index (Phi) is 13.2. The molecule has 48 heavy (non-hydrogen) atoms. The Hall–Kier alpha value is -4.59. The fourth-order valence-corrected chi connectivity index (χ4v) is 5.68. The maximum Gasteiger partial charge on any atom is 0.243 e. The van der Waals surface area contributed by atoms with Crippen molar-refractivity contribution in [2.75, 3.05) is 33.9 Å². The van der Waals surface area contributed by atoms with Crippen molar-refractivity contribution in [3.05, 3.63) is 59.2 Å². The molecule has 2 aromatic heterocycles. The van der Waals surface area contributed by atoms with Gasteiger partial charge in [-0.15, -0.1) is 0 Å². The number of amides is 3. The zero-order valence-electron chi connectivity index (χ0n) is 28.9. The van der Waals surface area contributed by atoms with Crippen LogP contribution in [0.1, 0.15) is 81.2 Å². The average molecular weight is 664 g/mol. The van der Waals surface area contributed by atoms with Gasteiger partial charge in [0.25, 0.3) is 0 Å². The Morgan fingerprint density at radius 1 is 1.00 bits per heavy atom. The Labute approximate surface area is 282 Å². The van der Waals surface area contributed by atoms with Crippen molar-refractivity contribution in [3.63, 3.8) is 0 Å². The lowest BCUT2D eigenvalue weighted by atomic mass is 9.97. The summed E-state index contributed by atoms with van der Waals surface area (Å²) >= 11 is 0. The summed E-state index contributed by atoms with van der Waals surface area (Å²) in [4.78, 5) is 55.6. The molecular formula is C34H49N9O5. The number of aryl methyl sites for hydroxylation is 1. The molecule has 0 fully saturated rings. The first-order chi connectivity index (χ1) is 23.1. The molecule has 0 unspecified atom stereocenters. The molecule has 0 saturated carbocycles. The highest BCUT2D eigenvalue weighted by molar-refractivity contribution is 5.88. The minimum absolute atomic E-state index is 0.0655. The first kappa shape index (κ1) is 36.2. The van der Waals surface area contributed by atoms with Gasteiger partial charge in [0.15, 0.2) is 17.3 Å². The van der Waals surface area contributed by atoms with Crippen molar-refractivity contribution in [1.29, 1.82) is 0 Å². The number of methoxy groups -OCH3 is 2. The van der Waals surface area contributed by atoms with E-state index in [2.05, 4.69) is 35.9 Å². The molecule has 14 heteroatoms. The number of carbonyl (C=O) groups is 3. The molecule has 0 radical (unpaired) electrons. The lowest BCUT2D eigenvalue weighted by Crippen LogP contribution is -2.51. The van der Waals surface area contributed by atoms with Gasteiger partial charge in [0.05, 0.1) is 26.0 Å². The van der Waals surface area contributed by atoms with Crippen molar-refractivity contribution in [1.82, 2.24) is 45.6 Å². The number of ether oxygens (including phenoxy) is 2. The molecule has 0 bridgehead atoms. The molecule has 1 aromatic carbocycles. The number of nitrogens with zero attached hydrogens (tertiary/aromatic N) is 6. The Balaban J connectivity index is 1.58. The normalized spacial score (nSPS) is 19.6. The molecule has 3 aromatic rings. The highest BCUT2D eigenvalue weighted by Crippen LogP contribution is 2.28. The van der Waals surface area contributed by atoms with Gasteiger partial charge >= 0.3 is 0 Å². The van der Waals surface area contributed by atoms with Gasteiger partial charge in [-0.1, -0.05) is 26.3 Å². The van der Waals surface area contributed by atoms with E-state index in [0.717, 1.165) is 11.3 Å². The van der Waals surface area contributed by atoms with Crippen molar-refractivity contribution in [2.24, 2.45) is 5.92 Å². The first-order valence-electron chi connectivity index (χ1n) is 16.6. The molecule has 3 N–H and O–H groups in total. The van der Waals surface area contributed by atoms with Gasteiger partial charge in [-0.3, -0.25) is 19.3 Å². The minimum Gasteiger partial charge on any atom is -0.493 e. The number of nitrogens with one attached hydrogen (secondary N) is 3. The van der Waals surface area contributed by atoms with E-state index in [0.29, 0.717) is 80.8 Å². The highest BCUT2D eigenvalue weighted by Gasteiger charge is 2.29. The second kappa shape index (κ2) is 17.5. The quantitative estimate of drug-likeness (QED) is 0.326. The van der Waals surface area contributed by atoms with Crippen LogP contribution in [0.2, 0.25) is 0 Å². The lowest BCUT2D eigenvalue weighted by Gasteiger charge is -2.26. The van der Waals surface area contributed by atoms with Crippen molar-refractivity contribution in [2.45, 2.75) is 85.0 Å². The van der Waals surface area contributed by atoms with E-state index in [1.807, 2.05) is 45.0 Å². The molecule has 0 spiro atoms. The van der Waals surface area contributed by atoms with Crippen molar-refractivity contribution in [3.8, 4) is 11.5 Å². The number of carbonyl (C=O) groups excluding carboxylic acids is 3. The van der Waals surface area contributed by atoms with Crippen LogP contribution in [0.15, 0.2) is 30.5 Å². The van der Waals surface area contributed by atoms with Gasteiger partial charge < -0.3 is 25.4 Å². The second-order valence-electron chi connectivity index (χ2n) is 12.2. The number of hydrogen-bond donors (Lipinski definition) is 3. The smallest absolute Gasteiger partial charge is 0.243 e. The zero-order chi connectivity index (χ0) is 34.6. The van der Waals surface area contributed by atoms with Crippen LogP contribution in [0.5, 0.6) is 11.5 Å². The molecule has 0 saturated heterocycles. The Morgan fingerprint density at radius 2 is 1.77 bits per heavy atom. The van der Waals surface area contributed by atoms with E-state index in [1.165, 1.54) is 0 Å². The van der Waals surface area contributed by atoms with E-state index in [4.69, 9.17) is 14.5 Å². The van der Waals surface area contributed by atoms with Crippen LogP contribution in [-0.2, 0) is 33.9 Å². The molecule has 1 aliphatic rings. The van der Waals surface area contributed by atoms with E-state index in [-0.39, 0.29) is 36.6 Å². The number of aromatic nitrogens is 5. The monoisotopic (exact) mass is 663 g/mol. The van der Waals surface area contributed by atoms with Crippen LogP contribution >= 0.6 is 0 Å². The third kappa shape index (κ3) is 10.2. The Morgan fingerprint density at radius 3 is 2.50 bits per heavy atom. The van der Waals surface area contributed by atoms with Gasteiger partial charge in [0.2, 0.25) is 17.7 Å². The van der Waals surface area contributed by atoms with Gasteiger partial charge in [-0.2, -0.15) is 5.10 Å². The molecule has 1 aliphatic heterocycles. The summed E-state index contributed by atoms with van der Waals surface area (Å²) in [5, 5.41) is 13.7. The standard InChI is InChI=1S/C34H49N9O5/c1-7-22(2)32-34(46)37-23(3)33-39-29(19-25-11-12-27(47-5)28(18-25)48-6)41-43(33)21-31(45)36-14-9-17-42(16-8-10-30(44)40-32)20-26-13-15-35-24(4)38-26/h11-13,15,18,22-23,32H,7-10,14,16-17,19-21H2,1-6H3,(H,36,45)(H,37,46)(H,40,44)/t22-,23+,32-/m0/s1. The van der Waals surface area contributed by atoms with E-state index >= 15 is 0 Å².